The number of Topliss-reactive ketones (excluding diaryl/α,β-unsaturated/α-hetero) is 1. The lowest BCUT2D eigenvalue weighted by atomic mass is 10.1. The number of hydrogen-bond acceptors (Lipinski definition) is 3. The molecule has 0 saturated carbocycles. The molecule has 0 spiro atoms. The quantitative estimate of drug-likeness (QED) is 0.754. The summed E-state index contributed by atoms with van der Waals surface area (Å²) >= 11 is 0. The Morgan fingerprint density at radius 3 is 2.39 bits per heavy atom. The van der Waals surface area contributed by atoms with Gasteiger partial charge >= 0.3 is 0 Å². The van der Waals surface area contributed by atoms with Crippen molar-refractivity contribution >= 4 is 5.78 Å². The Hall–Kier alpha value is -2.16. The van der Waals surface area contributed by atoms with Crippen LogP contribution >= 0.6 is 0 Å². The van der Waals surface area contributed by atoms with Gasteiger partial charge in [-0.25, -0.2) is 0 Å². The first-order valence-corrected chi connectivity index (χ1v) is 5.94. The minimum atomic E-state index is 0.149. The summed E-state index contributed by atoms with van der Waals surface area (Å²) in [6, 6.07) is 11.1. The Balaban J connectivity index is 1.97. The standard InChI is InChI=1S/C15H15NO2/c1-2-15(17)13-3-5-14(6-4-13)18-11-12-7-9-16-10-8-12/h3-10H,2,11H2,1H3. The van der Waals surface area contributed by atoms with Crippen LogP contribution in [-0.4, -0.2) is 10.8 Å². The maximum Gasteiger partial charge on any atom is 0.162 e. The lowest BCUT2D eigenvalue weighted by molar-refractivity contribution is 0.0988. The molecular formula is C15H15NO2. The number of ether oxygens (including phenoxy) is 1. The van der Waals surface area contributed by atoms with Crippen LogP contribution < -0.4 is 4.74 Å². The van der Waals surface area contributed by atoms with Crippen LogP contribution in [0.2, 0.25) is 0 Å². The average molecular weight is 241 g/mol. The molecule has 0 atom stereocenters. The van der Waals surface area contributed by atoms with E-state index in [4.69, 9.17) is 4.74 Å². The van der Waals surface area contributed by atoms with Gasteiger partial charge in [0.2, 0.25) is 0 Å². The van der Waals surface area contributed by atoms with E-state index in [0.717, 1.165) is 16.9 Å². The number of hydrogen-bond donors (Lipinski definition) is 0. The maximum absolute atomic E-state index is 11.5. The van der Waals surface area contributed by atoms with Gasteiger partial charge < -0.3 is 4.74 Å². The Kier molecular flexibility index (Phi) is 4.07. The zero-order valence-corrected chi connectivity index (χ0v) is 10.3. The fourth-order valence-electron chi connectivity index (χ4n) is 1.59. The number of ketones is 1. The number of pyridine rings is 1. The third-order valence-corrected chi connectivity index (χ3v) is 2.65. The first-order chi connectivity index (χ1) is 8.79. The third-order valence-electron chi connectivity index (χ3n) is 2.65. The molecule has 0 bridgehead atoms. The second-order valence-corrected chi connectivity index (χ2v) is 3.95. The van der Waals surface area contributed by atoms with E-state index in [1.807, 2.05) is 31.2 Å². The molecule has 0 aliphatic heterocycles. The third kappa shape index (κ3) is 3.17. The molecule has 2 rings (SSSR count). The molecule has 1 heterocycles. The van der Waals surface area contributed by atoms with Gasteiger partial charge in [0.25, 0.3) is 0 Å². The molecule has 2 aromatic rings. The van der Waals surface area contributed by atoms with Gasteiger partial charge in [-0.3, -0.25) is 9.78 Å². The first-order valence-electron chi connectivity index (χ1n) is 5.94. The number of carbonyl (C=O) groups excluding carboxylic acids is 1. The van der Waals surface area contributed by atoms with Gasteiger partial charge in [0, 0.05) is 24.4 Å². The Labute approximate surface area is 106 Å². The van der Waals surface area contributed by atoms with Crippen LogP contribution in [-0.2, 0) is 6.61 Å². The van der Waals surface area contributed by atoms with Crippen molar-refractivity contribution in [1.29, 1.82) is 0 Å². The van der Waals surface area contributed by atoms with Crippen molar-refractivity contribution in [2.75, 3.05) is 0 Å². The van der Waals surface area contributed by atoms with Crippen LogP contribution in [0.15, 0.2) is 48.8 Å². The van der Waals surface area contributed by atoms with Crippen LogP contribution in [0.1, 0.15) is 29.3 Å². The highest BCUT2D eigenvalue weighted by Crippen LogP contribution is 2.15. The molecular weight excluding hydrogens is 226 g/mol. The fourth-order valence-corrected chi connectivity index (χ4v) is 1.59. The van der Waals surface area contributed by atoms with E-state index in [9.17, 15) is 4.79 Å². The monoisotopic (exact) mass is 241 g/mol. The summed E-state index contributed by atoms with van der Waals surface area (Å²) in [5, 5.41) is 0. The predicted octanol–water partition coefficient (Wildman–Crippen LogP) is 3.25. The number of nitrogens with zero attached hydrogens (tertiary/aromatic N) is 1. The fraction of sp³-hybridized carbons (Fsp3) is 0.200. The van der Waals surface area contributed by atoms with Crippen LogP contribution in [0.25, 0.3) is 0 Å². The number of aromatic nitrogens is 1. The van der Waals surface area contributed by atoms with Gasteiger partial charge in [0.1, 0.15) is 12.4 Å². The lowest BCUT2D eigenvalue weighted by Crippen LogP contribution is -1.98. The summed E-state index contributed by atoms with van der Waals surface area (Å²) in [6.45, 7) is 2.36. The molecule has 0 aliphatic rings. The van der Waals surface area contributed by atoms with E-state index >= 15 is 0 Å². The van der Waals surface area contributed by atoms with Gasteiger partial charge in [-0.05, 0) is 42.0 Å². The molecule has 18 heavy (non-hydrogen) atoms. The molecule has 3 nitrogen and oxygen atoms in total. The number of carbonyl (C=O) groups is 1. The normalized spacial score (nSPS) is 10.1. The van der Waals surface area contributed by atoms with Crippen molar-refractivity contribution in [1.82, 2.24) is 4.98 Å². The molecule has 1 aromatic carbocycles. The summed E-state index contributed by atoms with van der Waals surface area (Å²) in [7, 11) is 0. The summed E-state index contributed by atoms with van der Waals surface area (Å²) in [5.74, 6) is 0.912. The van der Waals surface area contributed by atoms with E-state index in [1.54, 1.807) is 24.5 Å². The largest absolute Gasteiger partial charge is 0.489 e. The van der Waals surface area contributed by atoms with Gasteiger partial charge in [-0.15, -0.1) is 0 Å². The van der Waals surface area contributed by atoms with Crippen LogP contribution in [0.3, 0.4) is 0 Å². The molecule has 0 N–H and O–H groups in total. The van der Waals surface area contributed by atoms with E-state index in [0.29, 0.717) is 13.0 Å². The first kappa shape index (κ1) is 12.3. The minimum Gasteiger partial charge on any atom is -0.489 e. The van der Waals surface area contributed by atoms with Gasteiger partial charge in [-0.2, -0.15) is 0 Å². The Bertz CT molecular complexity index is 506. The minimum absolute atomic E-state index is 0.149. The van der Waals surface area contributed by atoms with E-state index in [2.05, 4.69) is 4.98 Å². The highest BCUT2D eigenvalue weighted by atomic mass is 16.5. The number of rotatable bonds is 5. The average Bonchev–Trinajstić information content (AvgIpc) is 2.46. The van der Waals surface area contributed by atoms with Crippen molar-refractivity contribution in [3.63, 3.8) is 0 Å². The highest BCUT2D eigenvalue weighted by Gasteiger charge is 2.02. The Morgan fingerprint density at radius 2 is 1.78 bits per heavy atom. The molecule has 0 saturated heterocycles. The SMILES string of the molecule is CCC(=O)c1ccc(OCc2ccncc2)cc1. The van der Waals surface area contributed by atoms with Crippen molar-refractivity contribution in [3.8, 4) is 5.75 Å². The van der Waals surface area contributed by atoms with Gasteiger partial charge in [0.05, 0.1) is 0 Å². The highest BCUT2D eigenvalue weighted by molar-refractivity contribution is 5.95. The summed E-state index contributed by atoms with van der Waals surface area (Å²) in [5.41, 5.74) is 1.80. The van der Waals surface area contributed by atoms with Crippen molar-refractivity contribution in [2.45, 2.75) is 20.0 Å². The van der Waals surface area contributed by atoms with E-state index in [-0.39, 0.29) is 5.78 Å². The summed E-state index contributed by atoms with van der Waals surface area (Å²) in [4.78, 5) is 15.4. The second kappa shape index (κ2) is 5.96. The zero-order valence-electron chi connectivity index (χ0n) is 10.3. The van der Waals surface area contributed by atoms with Crippen molar-refractivity contribution < 1.29 is 9.53 Å². The van der Waals surface area contributed by atoms with Crippen molar-refractivity contribution in [2.24, 2.45) is 0 Å². The van der Waals surface area contributed by atoms with E-state index in [1.165, 1.54) is 0 Å². The maximum atomic E-state index is 11.5. The predicted molar refractivity (Wildman–Crippen MR) is 69.6 cm³/mol. The van der Waals surface area contributed by atoms with Crippen LogP contribution in [0, 0.1) is 0 Å². The van der Waals surface area contributed by atoms with Crippen LogP contribution in [0.4, 0.5) is 0 Å². The molecule has 0 radical (unpaired) electrons. The topological polar surface area (TPSA) is 39.2 Å². The number of benzene rings is 1. The summed E-state index contributed by atoms with van der Waals surface area (Å²) in [6.07, 6.45) is 4.00. The molecule has 92 valence electrons. The Morgan fingerprint density at radius 1 is 1.11 bits per heavy atom. The molecule has 0 aliphatic carbocycles. The van der Waals surface area contributed by atoms with Crippen molar-refractivity contribution in [3.05, 3.63) is 59.9 Å². The van der Waals surface area contributed by atoms with Crippen LogP contribution in [0.5, 0.6) is 5.75 Å². The van der Waals surface area contributed by atoms with Gasteiger partial charge in [0.15, 0.2) is 5.78 Å². The molecule has 3 heteroatoms. The second-order valence-electron chi connectivity index (χ2n) is 3.95. The molecule has 0 unspecified atom stereocenters. The van der Waals surface area contributed by atoms with Gasteiger partial charge in [-0.1, -0.05) is 6.92 Å². The molecule has 0 amide bonds. The summed E-state index contributed by atoms with van der Waals surface area (Å²) < 4.78 is 5.62. The lowest BCUT2D eigenvalue weighted by Gasteiger charge is -2.06. The zero-order chi connectivity index (χ0) is 12.8. The van der Waals surface area contributed by atoms with E-state index < -0.39 is 0 Å². The molecule has 1 aromatic heterocycles. The smallest absolute Gasteiger partial charge is 0.162 e. The molecule has 0 fully saturated rings.